The number of hydrogen-bond acceptors (Lipinski definition) is 2. The highest BCUT2D eigenvalue weighted by Gasteiger charge is 2.00. The van der Waals surface area contributed by atoms with Crippen LogP contribution in [-0.2, 0) is 0 Å². The van der Waals surface area contributed by atoms with E-state index < -0.39 is 0 Å². The van der Waals surface area contributed by atoms with Crippen LogP contribution in [-0.4, -0.2) is 13.7 Å². The predicted molar refractivity (Wildman–Crippen MR) is 59.7 cm³/mol. The van der Waals surface area contributed by atoms with Gasteiger partial charge in [-0.05, 0) is 31.5 Å². The molecule has 0 spiro atoms. The summed E-state index contributed by atoms with van der Waals surface area (Å²) in [4.78, 5) is 0. The molecule has 1 aromatic rings. The second-order valence-corrected chi connectivity index (χ2v) is 2.98. The largest absolute Gasteiger partial charge is 0.495 e. The van der Waals surface area contributed by atoms with Crippen LogP contribution in [0.3, 0.4) is 0 Å². The van der Waals surface area contributed by atoms with Crippen molar-refractivity contribution in [3.05, 3.63) is 23.8 Å². The molecule has 0 bridgehead atoms. The van der Waals surface area contributed by atoms with Crippen LogP contribution in [0.4, 0.5) is 5.69 Å². The molecule has 0 aliphatic heterocycles. The molecule has 0 amide bonds. The van der Waals surface area contributed by atoms with Crippen molar-refractivity contribution in [3.63, 3.8) is 0 Å². The van der Waals surface area contributed by atoms with E-state index >= 15 is 0 Å². The summed E-state index contributed by atoms with van der Waals surface area (Å²) >= 11 is 0. The molecule has 0 aliphatic carbocycles. The molecule has 74 valence electrons. The van der Waals surface area contributed by atoms with Crippen LogP contribution in [0.1, 0.15) is 12.5 Å². The fourth-order valence-corrected chi connectivity index (χ4v) is 1.19. The average molecular weight is 189 g/mol. The van der Waals surface area contributed by atoms with Gasteiger partial charge in [-0.2, -0.15) is 0 Å². The molecule has 1 N–H and O–H groups in total. The number of hydrogen-bond donors (Lipinski definition) is 1. The van der Waals surface area contributed by atoms with Gasteiger partial charge in [-0.15, -0.1) is 5.92 Å². The van der Waals surface area contributed by atoms with Crippen LogP contribution in [0.2, 0.25) is 0 Å². The summed E-state index contributed by atoms with van der Waals surface area (Å²) in [5.41, 5.74) is 2.20. The highest BCUT2D eigenvalue weighted by molar-refractivity contribution is 5.58. The Labute approximate surface area is 85.3 Å². The molecule has 0 saturated carbocycles. The molecule has 0 aliphatic rings. The van der Waals surface area contributed by atoms with E-state index in [0.717, 1.165) is 11.4 Å². The lowest BCUT2D eigenvalue weighted by Crippen LogP contribution is -2.01. The Balaban J connectivity index is 2.80. The molecule has 0 aromatic heterocycles. The zero-order valence-electron chi connectivity index (χ0n) is 8.85. The molecule has 2 nitrogen and oxygen atoms in total. The summed E-state index contributed by atoms with van der Waals surface area (Å²) in [7, 11) is 1.67. The third-order valence-corrected chi connectivity index (χ3v) is 1.90. The van der Waals surface area contributed by atoms with Gasteiger partial charge in [-0.25, -0.2) is 0 Å². The third-order valence-electron chi connectivity index (χ3n) is 1.90. The van der Waals surface area contributed by atoms with Gasteiger partial charge in [0.25, 0.3) is 0 Å². The summed E-state index contributed by atoms with van der Waals surface area (Å²) < 4.78 is 5.22. The summed E-state index contributed by atoms with van der Waals surface area (Å²) in [5.74, 6) is 6.64. The monoisotopic (exact) mass is 189 g/mol. The van der Waals surface area contributed by atoms with Crippen molar-refractivity contribution < 1.29 is 4.74 Å². The second-order valence-electron chi connectivity index (χ2n) is 2.98. The van der Waals surface area contributed by atoms with Crippen LogP contribution < -0.4 is 10.1 Å². The van der Waals surface area contributed by atoms with Gasteiger partial charge < -0.3 is 10.1 Å². The van der Waals surface area contributed by atoms with Crippen LogP contribution in [0, 0.1) is 18.8 Å². The number of methoxy groups -OCH3 is 1. The molecule has 0 unspecified atom stereocenters. The van der Waals surface area contributed by atoms with Gasteiger partial charge in [0.05, 0.1) is 19.3 Å². The Morgan fingerprint density at radius 3 is 2.86 bits per heavy atom. The predicted octanol–water partition coefficient (Wildman–Crippen LogP) is 2.44. The molecule has 1 rings (SSSR count). The number of rotatable bonds is 3. The minimum atomic E-state index is 0.649. The molecule has 1 aromatic carbocycles. The number of nitrogens with one attached hydrogen (secondary N) is 1. The van der Waals surface area contributed by atoms with Crippen LogP contribution >= 0.6 is 0 Å². The maximum atomic E-state index is 5.22. The first-order chi connectivity index (χ1) is 6.77. The zero-order chi connectivity index (χ0) is 10.4. The summed E-state index contributed by atoms with van der Waals surface area (Å²) in [6, 6.07) is 6.03. The zero-order valence-corrected chi connectivity index (χ0v) is 8.85. The van der Waals surface area contributed by atoms with E-state index in [1.807, 2.05) is 19.1 Å². The highest BCUT2D eigenvalue weighted by atomic mass is 16.5. The van der Waals surface area contributed by atoms with Gasteiger partial charge in [0.2, 0.25) is 0 Å². The van der Waals surface area contributed by atoms with Crippen molar-refractivity contribution in [1.29, 1.82) is 0 Å². The van der Waals surface area contributed by atoms with Gasteiger partial charge in [0, 0.05) is 0 Å². The molecule has 14 heavy (non-hydrogen) atoms. The van der Waals surface area contributed by atoms with E-state index in [-0.39, 0.29) is 0 Å². The molecule has 0 radical (unpaired) electrons. The lowest BCUT2D eigenvalue weighted by molar-refractivity contribution is 0.416. The van der Waals surface area contributed by atoms with Crippen molar-refractivity contribution in [1.82, 2.24) is 0 Å². The number of anilines is 1. The van der Waals surface area contributed by atoms with Crippen molar-refractivity contribution in [3.8, 4) is 17.6 Å². The van der Waals surface area contributed by atoms with E-state index in [0.29, 0.717) is 6.54 Å². The summed E-state index contributed by atoms with van der Waals surface area (Å²) in [6.07, 6.45) is 0. The van der Waals surface area contributed by atoms with Gasteiger partial charge in [0.1, 0.15) is 5.75 Å². The number of ether oxygens (including phenoxy) is 1. The lowest BCUT2D eigenvalue weighted by Gasteiger charge is -2.09. The number of aryl methyl sites for hydroxylation is 1. The van der Waals surface area contributed by atoms with E-state index in [9.17, 15) is 0 Å². The Morgan fingerprint density at radius 1 is 1.43 bits per heavy atom. The topological polar surface area (TPSA) is 21.3 Å². The fourth-order valence-electron chi connectivity index (χ4n) is 1.19. The van der Waals surface area contributed by atoms with E-state index in [1.165, 1.54) is 5.56 Å². The smallest absolute Gasteiger partial charge is 0.141 e. The summed E-state index contributed by atoms with van der Waals surface area (Å²) in [6.45, 7) is 4.53. The van der Waals surface area contributed by atoms with Crippen molar-refractivity contribution in [2.45, 2.75) is 13.8 Å². The van der Waals surface area contributed by atoms with Gasteiger partial charge in [-0.1, -0.05) is 12.0 Å². The molecule has 2 heteroatoms. The van der Waals surface area contributed by atoms with Crippen LogP contribution in [0.5, 0.6) is 5.75 Å². The Bertz CT molecular complexity index is 360. The fraction of sp³-hybridized carbons (Fsp3) is 0.333. The van der Waals surface area contributed by atoms with Gasteiger partial charge in [0.15, 0.2) is 0 Å². The quantitative estimate of drug-likeness (QED) is 0.737. The first kappa shape index (κ1) is 10.5. The maximum Gasteiger partial charge on any atom is 0.141 e. The second kappa shape index (κ2) is 5.18. The van der Waals surface area contributed by atoms with Crippen molar-refractivity contribution >= 4 is 5.69 Å². The van der Waals surface area contributed by atoms with E-state index in [4.69, 9.17) is 4.74 Å². The Hall–Kier alpha value is -1.62. The molecular weight excluding hydrogens is 174 g/mol. The highest BCUT2D eigenvalue weighted by Crippen LogP contribution is 2.24. The molecule has 0 heterocycles. The minimum absolute atomic E-state index is 0.649. The maximum absolute atomic E-state index is 5.22. The first-order valence-corrected chi connectivity index (χ1v) is 4.56. The minimum Gasteiger partial charge on any atom is -0.495 e. The summed E-state index contributed by atoms with van der Waals surface area (Å²) in [5, 5.41) is 3.21. The standard InChI is InChI=1S/C12H15NO/c1-4-5-8-13-11-9-10(2)6-7-12(11)14-3/h6-7,9,13H,8H2,1-3H3. The molecule has 0 atom stereocenters. The lowest BCUT2D eigenvalue weighted by atomic mass is 10.2. The SMILES string of the molecule is CC#CCNc1cc(C)ccc1OC. The van der Waals surface area contributed by atoms with Crippen LogP contribution in [0.25, 0.3) is 0 Å². The van der Waals surface area contributed by atoms with Gasteiger partial charge >= 0.3 is 0 Å². The normalized spacial score (nSPS) is 8.79. The average Bonchev–Trinajstić information content (AvgIpc) is 2.19. The Morgan fingerprint density at radius 2 is 2.21 bits per heavy atom. The third kappa shape index (κ3) is 2.70. The van der Waals surface area contributed by atoms with Gasteiger partial charge in [-0.3, -0.25) is 0 Å². The molecular formula is C12H15NO. The molecule has 0 saturated heterocycles. The van der Waals surface area contributed by atoms with Crippen molar-refractivity contribution in [2.75, 3.05) is 19.0 Å². The Kier molecular flexibility index (Phi) is 3.87. The number of benzene rings is 1. The van der Waals surface area contributed by atoms with Crippen LogP contribution in [0.15, 0.2) is 18.2 Å². The molecule has 0 fully saturated rings. The van der Waals surface area contributed by atoms with E-state index in [2.05, 4.69) is 30.1 Å². The first-order valence-electron chi connectivity index (χ1n) is 4.56. The van der Waals surface area contributed by atoms with Crippen molar-refractivity contribution in [2.24, 2.45) is 0 Å². The van der Waals surface area contributed by atoms with E-state index in [1.54, 1.807) is 7.11 Å².